The molecule has 1 saturated carbocycles. The molecule has 0 N–H and O–H groups in total. The molecule has 1 aromatic rings. The zero-order chi connectivity index (χ0) is 14.8. The Bertz CT molecular complexity index is 550. The monoisotopic (exact) mass is 318 g/mol. The third kappa shape index (κ3) is 3.21. The standard InChI is InChI=1S/C14H23ClN2O2S/c1-3-5-8-16(4-2)20(18,19)14-9-13(10-15)17(11-14)12-6-7-12/h9,11-12H,3-8,10H2,1-2H3. The van der Waals surface area contributed by atoms with Crippen molar-refractivity contribution in [2.24, 2.45) is 0 Å². The summed E-state index contributed by atoms with van der Waals surface area (Å²) in [4.78, 5) is 0.387. The number of nitrogens with zero attached hydrogens (tertiary/aromatic N) is 2. The van der Waals surface area contributed by atoms with Gasteiger partial charge in [-0.1, -0.05) is 20.3 Å². The van der Waals surface area contributed by atoms with E-state index in [0.717, 1.165) is 31.4 Å². The molecular formula is C14H23ClN2O2S. The predicted octanol–water partition coefficient (Wildman–Crippen LogP) is 3.37. The fourth-order valence-corrected chi connectivity index (χ4v) is 4.12. The van der Waals surface area contributed by atoms with Gasteiger partial charge in [-0.25, -0.2) is 8.42 Å². The lowest BCUT2D eigenvalue weighted by molar-refractivity contribution is 0.419. The second-order valence-electron chi connectivity index (χ2n) is 5.29. The molecule has 6 heteroatoms. The van der Waals surface area contributed by atoms with Crippen molar-refractivity contribution in [1.82, 2.24) is 8.87 Å². The van der Waals surface area contributed by atoms with E-state index in [0.29, 0.717) is 29.9 Å². The second kappa shape index (κ2) is 6.50. The fraction of sp³-hybridized carbons (Fsp3) is 0.714. The minimum atomic E-state index is -3.39. The van der Waals surface area contributed by atoms with Crippen LogP contribution in [0.25, 0.3) is 0 Å². The smallest absolute Gasteiger partial charge is 0.244 e. The molecule has 0 atom stereocenters. The van der Waals surface area contributed by atoms with Crippen molar-refractivity contribution in [2.75, 3.05) is 13.1 Å². The fourth-order valence-electron chi connectivity index (χ4n) is 2.37. The molecule has 0 aliphatic heterocycles. The van der Waals surface area contributed by atoms with E-state index in [1.807, 2.05) is 11.5 Å². The number of rotatable bonds is 8. The molecule has 0 amide bonds. The van der Waals surface area contributed by atoms with Crippen molar-refractivity contribution in [1.29, 1.82) is 0 Å². The molecule has 1 aromatic heterocycles. The highest BCUT2D eigenvalue weighted by Crippen LogP contribution is 2.38. The summed E-state index contributed by atoms with van der Waals surface area (Å²) < 4.78 is 28.9. The summed E-state index contributed by atoms with van der Waals surface area (Å²) in [7, 11) is -3.39. The summed E-state index contributed by atoms with van der Waals surface area (Å²) in [6.45, 7) is 5.04. The van der Waals surface area contributed by atoms with Gasteiger partial charge in [0.05, 0.1) is 5.88 Å². The van der Waals surface area contributed by atoms with Gasteiger partial charge >= 0.3 is 0 Å². The van der Waals surface area contributed by atoms with E-state index in [1.165, 1.54) is 0 Å². The zero-order valence-electron chi connectivity index (χ0n) is 12.2. The molecule has 0 aromatic carbocycles. The lowest BCUT2D eigenvalue weighted by atomic mass is 10.3. The Hall–Kier alpha value is -0.520. The summed E-state index contributed by atoms with van der Waals surface area (Å²) in [6, 6.07) is 2.17. The summed E-state index contributed by atoms with van der Waals surface area (Å²) >= 11 is 5.94. The summed E-state index contributed by atoms with van der Waals surface area (Å²) in [6.07, 6.45) is 5.87. The van der Waals surface area contributed by atoms with Gasteiger partial charge in [0, 0.05) is 31.0 Å². The van der Waals surface area contributed by atoms with E-state index in [-0.39, 0.29) is 0 Å². The van der Waals surface area contributed by atoms with Crippen LogP contribution in [0.4, 0.5) is 0 Å². The molecule has 1 aliphatic carbocycles. The number of hydrogen-bond donors (Lipinski definition) is 0. The Kier molecular flexibility index (Phi) is 5.15. The largest absolute Gasteiger partial charge is 0.346 e. The van der Waals surface area contributed by atoms with Crippen LogP contribution in [0.3, 0.4) is 0 Å². The quantitative estimate of drug-likeness (QED) is 0.690. The van der Waals surface area contributed by atoms with E-state index in [1.54, 1.807) is 16.6 Å². The average Bonchev–Trinajstić information content (AvgIpc) is 3.18. The third-order valence-electron chi connectivity index (χ3n) is 3.74. The first-order chi connectivity index (χ1) is 9.54. The van der Waals surface area contributed by atoms with Gasteiger partial charge in [-0.2, -0.15) is 4.31 Å². The normalized spacial score (nSPS) is 16.0. The van der Waals surface area contributed by atoms with Gasteiger partial charge in [0.15, 0.2) is 0 Å². The van der Waals surface area contributed by atoms with Gasteiger partial charge in [0.25, 0.3) is 0 Å². The van der Waals surface area contributed by atoms with E-state index in [2.05, 4.69) is 6.92 Å². The second-order valence-corrected chi connectivity index (χ2v) is 7.49. The van der Waals surface area contributed by atoms with Crippen molar-refractivity contribution < 1.29 is 8.42 Å². The van der Waals surface area contributed by atoms with Crippen LogP contribution >= 0.6 is 11.6 Å². The molecule has 1 fully saturated rings. The number of aromatic nitrogens is 1. The predicted molar refractivity (Wildman–Crippen MR) is 81.6 cm³/mol. The maximum absolute atomic E-state index is 12.7. The van der Waals surface area contributed by atoms with E-state index in [9.17, 15) is 8.42 Å². The van der Waals surface area contributed by atoms with Crippen LogP contribution in [0, 0.1) is 0 Å². The van der Waals surface area contributed by atoms with Gasteiger partial charge in [0.1, 0.15) is 4.90 Å². The third-order valence-corrected chi connectivity index (χ3v) is 5.95. The number of alkyl halides is 1. The van der Waals surface area contributed by atoms with E-state index >= 15 is 0 Å². The van der Waals surface area contributed by atoms with Crippen LogP contribution in [0.1, 0.15) is 51.3 Å². The van der Waals surface area contributed by atoms with Crippen LogP contribution in [-0.4, -0.2) is 30.4 Å². The minimum Gasteiger partial charge on any atom is -0.346 e. The lowest BCUT2D eigenvalue weighted by Gasteiger charge is -2.19. The summed E-state index contributed by atoms with van der Waals surface area (Å²) in [5.41, 5.74) is 0.902. The molecule has 2 rings (SSSR count). The van der Waals surface area contributed by atoms with Gasteiger partial charge in [0.2, 0.25) is 10.0 Å². The van der Waals surface area contributed by atoms with Crippen molar-refractivity contribution in [3.63, 3.8) is 0 Å². The van der Waals surface area contributed by atoms with Crippen LogP contribution in [0.5, 0.6) is 0 Å². The van der Waals surface area contributed by atoms with E-state index in [4.69, 9.17) is 11.6 Å². The number of sulfonamides is 1. The van der Waals surface area contributed by atoms with Gasteiger partial charge in [-0.3, -0.25) is 0 Å². The first-order valence-electron chi connectivity index (χ1n) is 7.31. The topological polar surface area (TPSA) is 42.3 Å². The van der Waals surface area contributed by atoms with Crippen molar-refractivity contribution in [3.05, 3.63) is 18.0 Å². The molecule has 4 nitrogen and oxygen atoms in total. The van der Waals surface area contributed by atoms with Crippen LogP contribution in [-0.2, 0) is 15.9 Å². The van der Waals surface area contributed by atoms with Crippen molar-refractivity contribution in [2.45, 2.75) is 56.3 Å². The van der Waals surface area contributed by atoms with Crippen LogP contribution in [0.2, 0.25) is 0 Å². The summed E-state index contributed by atoms with van der Waals surface area (Å²) in [5, 5.41) is 0. The van der Waals surface area contributed by atoms with E-state index < -0.39 is 10.0 Å². The first-order valence-corrected chi connectivity index (χ1v) is 9.28. The average molecular weight is 319 g/mol. The minimum absolute atomic E-state index is 0.354. The highest BCUT2D eigenvalue weighted by molar-refractivity contribution is 7.89. The van der Waals surface area contributed by atoms with Gasteiger partial charge in [-0.15, -0.1) is 11.6 Å². The van der Waals surface area contributed by atoms with Crippen LogP contribution in [0.15, 0.2) is 17.2 Å². The molecule has 0 saturated heterocycles. The Labute approximate surface area is 126 Å². The molecule has 0 unspecified atom stereocenters. The Morgan fingerprint density at radius 1 is 1.40 bits per heavy atom. The molecule has 20 heavy (non-hydrogen) atoms. The molecule has 0 radical (unpaired) electrons. The maximum atomic E-state index is 12.7. The van der Waals surface area contributed by atoms with Gasteiger partial charge < -0.3 is 4.57 Å². The van der Waals surface area contributed by atoms with Crippen LogP contribution < -0.4 is 0 Å². The highest BCUT2D eigenvalue weighted by Gasteiger charge is 2.30. The molecule has 1 heterocycles. The number of unbranched alkanes of at least 4 members (excludes halogenated alkanes) is 1. The Balaban J connectivity index is 2.28. The lowest BCUT2D eigenvalue weighted by Crippen LogP contribution is -2.31. The molecule has 0 bridgehead atoms. The maximum Gasteiger partial charge on any atom is 0.244 e. The first kappa shape index (κ1) is 15.9. The number of halogens is 1. The van der Waals surface area contributed by atoms with Gasteiger partial charge in [-0.05, 0) is 25.3 Å². The Morgan fingerprint density at radius 2 is 2.10 bits per heavy atom. The zero-order valence-corrected chi connectivity index (χ0v) is 13.8. The molecular weight excluding hydrogens is 296 g/mol. The van der Waals surface area contributed by atoms with Crippen molar-refractivity contribution >= 4 is 21.6 Å². The number of hydrogen-bond acceptors (Lipinski definition) is 2. The Morgan fingerprint density at radius 3 is 2.60 bits per heavy atom. The SMILES string of the molecule is CCCCN(CC)S(=O)(=O)c1cc(CCl)n(C2CC2)c1. The molecule has 114 valence electrons. The molecule has 1 aliphatic rings. The van der Waals surface area contributed by atoms with Crippen molar-refractivity contribution in [3.8, 4) is 0 Å². The highest BCUT2D eigenvalue weighted by atomic mass is 35.5. The summed E-state index contributed by atoms with van der Waals surface area (Å²) in [5.74, 6) is 0.354. The molecule has 0 spiro atoms.